The van der Waals surface area contributed by atoms with Crippen LogP contribution in [0.1, 0.15) is 17.7 Å². The quantitative estimate of drug-likeness (QED) is 0.808. The maximum Gasteiger partial charge on any atom is 0.237 e. The van der Waals surface area contributed by atoms with Crippen molar-refractivity contribution in [1.82, 2.24) is 14.7 Å². The van der Waals surface area contributed by atoms with Crippen molar-refractivity contribution in [3.63, 3.8) is 0 Å². The fourth-order valence-electron chi connectivity index (χ4n) is 2.97. The molecule has 0 bridgehead atoms. The van der Waals surface area contributed by atoms with Crippen LogP contribution >= 0.6 is 11.3 Å². The van der Waals surface area contributed by atoms with E-state index in [0.29, 0.717) is 12.6 Å². The van der Waals surface area contributed by atoms with Gasteiger partial charge in [0.2, 0.25) is 5.91 Å². The van der Waals surface area contributed by atoms with Gasteiger partial charge in [-0.2, -0.15) is 0 Å². The number of nitrogens with zero attached hydrogens (tertiary/aromatic N) is 3. The minimum atomic E-state index is 0.217. The molecule has 1 aromatic rings. The summed E-state index contributed by atoms with van der Waals surface area (Å²) < 4.78 is 0. The summed E-state index contributed by atoms with van der Waals surface area (Å²) in [4.78, 5) is 20.5. The van der Waals surface area contributed by atoms with Gasteiger partial charge in [-0.05, 0) is 24.3 Å². The summed E-state index contributed by atoms with van der Waals surface area (Å²) in [5, 5.41) is 11.1. The van der Waals surface area contributed by atoms with Crippen molar-refractivity contribution >= 4 is 17.2 Å². The largest absolute Gasteiger partial charge is 0.395 e. The van der Waals surface area contributed by atoms with Crippen molar-refractivity contribution in [3.8, 4) is 0 Å². The molecule has 0 aromatic carbocycles. The molecule has 122 valence electrons. The highest BCUT2D eigenvalue weighted by Crippen LogP contribution is 2.29. The molecule has 1 aliphatic heterocycles. The average molecular weight is 323 g/mol. The SMILES string of the molecule is O=C(CN1CCN(CCO)CC1)N(Cc1cccs1)C1CC1. The van der Waals surface area contributed by atoms with Crippen molar-refractivity contribution < 1.29 is 9.90 Å². The molecule has 1 amide bonds. The minimum absolute atomic E-state index is 0.217. The first-order valence-corrected chi connectivity index (χ1v) is 9.01. The Morgan fingerprint density at radius 2 is 2.00 bits per heavy atom. The second-order valence-corrected chi connectivity index (χ2v) is 7.21. The molecule has 5 nitrogen and oxygen atoms in total. The number of thiophene rings is 1. The molecular formula is C16H25N3O2S. The molecule has 22 heavy (non-hydrogen) atoms. The molecule has 6 heteroatoms. The van der Waals surface area contributed by atoms with E-state index < -0.39 is 0 Å². The van der Waals surface area contributed by atoms with Crippen molar-refractivity contribution in [2.24, 2.45) is 0 Å². The summed E-state index contributed by atoms with van der Waals surface area (Å²) in [6.07, 6.45) is 2.31. The van der Waals surface area contributed by atoms with Gasteiger partial charge >= 0.3 is 0 Å². The Kier molecular flexibility index (Phi) is 5.46. The lowest BCUT2D eigenvalue weighted by molar-refractivity contribution is -0.134. The van der Waals surface area contributed by atoms with E-state index in [4.69, 9.17) is 5.11 Å². The highest BCUT2D eigenvalue weighted by molar-refractivity contribution is 7.09. The van der Waals surface area contributed by atoms with Gasteiger partial charge in [0.15, 0.2) is 0 Å². The number of carbonyl (C=O) groups is 1. The first-order valence-electron chi connectivity index (χ1n) is 8.13. The Hall–Kier alpha value is -0.950. The third-order valence-electron chi connectivity index (χ3n) is 4.45. The van der Waals surface area contributed by atoms with Crippen LogP contribution in [0.25, 0.3) is 0 Å². The van der Waals surface area contributed by atoms with Crippen LogP contribution in [-0.2, 0) is 11.3 Å². The Balaban J connectivity index is 1.49. The Morgan fingerprint density at radius 3 is 2.59 bits per heavy atom. The summed E-state index contributed by atoms with van der Waals surface area (Å²) in [5.74, 6) is 0.270. The predicted octanol–water partition coefficient (Wildman–Crippen LogP) is 0.849. The average Bonchev–Trinajstić information content (AvgIpc) is 3.23. The van der Waals surface area contributed by atoms with Gasteiger partial charge in [-0.3, -0.25) is 14.6 Å². The summed E-state index contributed by atoms with van der Waals surface area (Å²) in [7, 11) is 0. The number of β-amino-alcohol motifs (C(OH)–C–C–N with tert-alkyl or cyclic N) is 1. The second kappa shape index (κ2) is 7.55. The molecule has 0 radical (unpaired) electrons. The zero-order valence-corrected chi connectivity index (χ0v) is 13.8. The number of hydrogen-bond acceptors (Lipinski definition) is 5. The van der Waals surface area contributed by atoms with Crippen LogP contribution in [0.4, 0.5) is 0 Å². The molecule has 2 aliphatic rings. The van der Waals surface area contributed by atoms with E-state index in [-0.39, 0.29) is 12.5 Å². The molecule has 1 aromatic heterocycles. The lowest BCUT2D eigenvalue weighted by Crippen LogP contribution is -2.50. The number of aliphatic hydroxyl groups is 1. The van der Waals surface area contributed by atoms with E-state index in [1.54, 1.807) is 11.3 Å². The van der Waals surface area contributed by atoms with Gasteiger partial charge in [0, 0.05) is 43.6 Å². The van der Waals surface area contributed by atoms with Crippen LogP contribution in [0.3, 0.4) is 0 Å². The van der Waals surface area contributed by atoms with Gasteiger partial charge in [-0.1, -0.05) is 6.07 Å². The van der Waals surface area contributed by atoms with E-state index >= 15 is 0 Å². The molecule has 0 spiro atoms. The van der Waals surface area contributed by atoms with E-state index in [9.17, 15) is 4.79 Å². The first-order chi connectivity index (χ1) is 10.8. The van der Waals surface area contributed by atoms with Crippen LogP contribution in [-0.4, -0.2) is 77.6 Å². The maximum absolute atomic E-state index is 12.7. The third kappa shape index (κ3) is 4.29. The molecule has 2 fully saturated rings. The first kappa shape index (κ1) is 15.9. The number of aliphatic hydroxyl groups excluding tert-OH is 1. The lowest BCUT2D eigenvalue weighted by Gasteiger charge is -2.35. The number of rotatable bonds is 7. The van der Waals surface area contributed by atoms with Gasteiger partial charge in [0.1, 0.15) is 0 Å². The van der Waals surface area contributed by atoms with Crippen LogP contribution < -0.4 is 0 Å². The summed E-state index contributed by atoms with van der Waals surface area (Å²) in [6, 6.07) is 4.63. The van der Waals surface area contributed by atoms with Crippen LogP contribution in [0.15, 0.2) is 17.5 Å². The van der Waals surface area contributed by atoms with Crippen LogP contribution in [0.5, 0.6) is 0 Å². The van der Waals surface area contributed by atoms with Gasteiger partial charge in [0.05, 0.1) is 19.7 Å². The number of hydrogen-bond donors (Lipinski definition) is 1. The van der Waals surface area contributed by atoms with Crippen LogP contribution in [0, 0.1) is 0 Å². The summed E-state index contributed by atoms with van der Waals surface area (Å²) >= 11 is 1.73. The van der Waals surface area contributed by atoms with Crippen molar-refractivity contribution in [3.05, 3.63) is 22.4 Å². The smallest absolute Gasteiger partial charge is 0.237 e. The molecule has 3 rings (SSSR count). The van der Waals surface area contributed by atoms with Gasteiger partial charge in [-0.25, -0.2) is 0 Å². The van der Waals surface area contributed by atoms with Gasteiger partial charge < -0.3 is 10.0 Å². The number of piperazine rings is 1. The summed E-state index contributed by atoms with van der Waals surface area (Å²) in [5.41, 5.74) is 0. The lowest BCUT2D eigenvalue weighted by atomic mass is 10.3. The number of amides is 1. The monoisotopic (exact) mass is 323 g/mol. The zero-order valence-electron chi connectivity index (χ0n) is 13.0. The van der Waals surface area contributed by atoms with E-state index in [1.165, 1.54) is 4.88 Å². The predicted molar refractivity (Wildman–Crippen MR) is 87.9 cm³/mol. The fraction of sp³-hybridized carbons (Fsp3) is 0.688. The van der Waals surface area contributed by atoms with Crippen LogP contribution in [0.2, 0.25) is 0 Å². The van der Waals surface area contributed by atoms with Crippen molar-refractivity contribution in [2.75, 3.05) is 45.9 Å². The minimum Gasteiger partial charge on any atom is -0.395 e. The highest BCUT2D eigenvalue weighted by Gasteiger charge is 2.33. The Morgan fingerprint density at radius 1 is 1.27 bits per heavy atom. The van der Waals surface area contributed by atoms with Gasteiger partial charge in [0.25, 0.3) is 0 Å². The molecule has 2 heterocycles. The number of carbonyl (C=O) groups excluding carboxylic acids is 1. The Labute approximate surface area is 136 Å². The molecule has 1 saturated heterocycles. The van der Waals surface area contributed by atoms with E-state index in [2.05, 4.69) is 32.2 Å². The molecular weight excluding hydrogens is 298 g/mol. The zero-order chi connectivity index (χ0) is 15.4. The standard InChI is InChI=1S/C16H25N3O2S/c20-10-9-17-5-7-18(8-6-17)13-16(21)19(14-3-4-14)12-15-2-1-11-22-15/h1-2,11,14,20H,3-10,12-13H2. The second-order valence-electron chi connectivity index (χ2n) is 6.17. The summed E-state index contributed by atoms with van der Waals surface area (Å²) in [6.45, 7) is 6.00. The van der Waals surface area contributed by atoms with Gasteiger partial charge in [-0.15, -0.1) is 11.3 Å². The Bertz CT molecular complexity index is 468. The van der Waals surface area contributed by atoms with E-state index in [0.717, 1.165) is 52.1 Å². The molecule has 0 unspecified atom stereocenters. The molecule has 1 N–H and O–H groups in total. The normalized spacial score (nSPS) is 20.2. The van der Waals surface area contributed by atoms with Crippen molar-refractivity contribution in [1.29, 1.82) is 0 Å². The maximum atomic E-state index is 12.7. The fourth-order valence-corrected chi connectivity index (χ4v) is 3.67. The van der Waals surface area contributed by atoms with Crippen molar-refractivity contribution in [2.45, 2.75) is 25.4 Å². The molecule has 1 saturated carbocycles. The molecule has 1 aliphatic carbocycles. The topological polar surface area (TPSA) is 47.0 Å². The van der Waals surface area contributed by atoms with E-state index in [1.807, 2.05) is 0 Å². The molecule has 0 atom stereocenters. The highest BCUT2D eigenvalue weighted by atomic mass is 32.1. The third-order valence-corrected chi connectivity index (χ3v) is 5.32.